The van der Waals surface area contributed by atoms with Crippen molar-refractivity contribution in [1.82, 2.24) is 9.88 Å². The van der Waals surface area contributed by atoms with Gasteiger partial charge in [0.25, 0.3) is 0 Å². The fourth-order valence-corrected chi connectivity index (χ4v) is 4.11. The van der Waals surface area contributed by atoms with Gasteiger partial charge in [-0.15, -0.1) is 11.3 Å². The third-order valence-electron chi connectivity index (χ3n) is 4.50. The van der Waals surface area contributed by atoms with Crippen molar-refractivity contribution in [3.05, 3.63) is 16.1 Å². The van der Waals surface area contributed by atoms with Gasteiger partial charge in [-0.3, -0.25) is 4.90 Å². The number of likely N-dealkylation sites (tertiary alicyclic amines) is 1. The Bertz CT molecular complexity index is 465. The zero-order valence-electron chi connectivity index (χ0n) is 12.3. The van der Waals surface area contributed by atoms with E-state index >= 15 is 0 Å². The highest BCUT2D eigenvalue weighted by molar-refractivity contribution is 7.11. The Kier molecular flexibility index (Phi) is 4.95. The van der Waals surface area contributed by atoms with Gasteiger partial charge in [-0.1, -0.05) is 13.8 Å². The van der Waals surface area contributed by atoms with E-state index < -0.39 is 22.8 Å². The maximum absolute atomic E-state index is 12.7. The van der Waals surface area contributed by atoms with Gasteiger partial charge in [-0.05, 0) is 38.8 Å². The first-order valence-electron chi connectivity index (χ1n) is 7.31. The smallest absolute Gasteiger partial charge is 0.386 e. The second kappa shape index (κ2) is 6.22. The minimum Gasteiger partial charge on any atom is -0.386 e. The van der Waals surface area contributed by atoms with Crippen LogP contribution in [-0.4, -0.2) is 33.6 Å². The summed E-state index contributed by atoms with van der Waals surface area (Å²) in [6, 6.07) is 0. The number of aliphatic hydroxyl groups excluding tert-OH is 1. The molecule has 0 bridgehead atoms. The summed E-state index contributed by atoms with van der Waals surface area (Å²) in [5, 5.41) is 9.84. The van der Waals surface area contributed by atoms with Crippen molar-refractivity contribution in [2.45, 2.75) is 57.3 Å². The molecular formula is C14H21F3N2OS. The molecule has 1 saturated heterocycles. The van der Waals surface area contributed by atoms with E-state index in [0.29, 0.717) is 29.1 Å². The van der Waals surface area contributed by atoms with Gasteiger partial charge in [0.2, 0.25) is 0 Å². The highest BCUT2D eigenvalue weighted by Gasteiger charge is 2.44. The minimum absolute atomic E-state index is 0.304. The van der Waals surface area contributed by atoms with Gasteiger partial charge >= 0.3 is 6.18 Å². The monoisotopic (exact) mass is 322 g/mol. The van der Waals surface area contributed by atoms with Crippen LogP contribution in [0.15, 0.2) is 6.20 Å². The van der Waals surface area contributed by atoms with Crippen LogP contribution in [0.4, 0.5) is 13.2 Å². The molecule has 0 amide bonds. The SMILES string of the molecule is CCC(CC)(C(O)c1cnc(C(F)(F)F)s1)N1CCCC1. The summed E-state index contributed by atoms with van der Waals surface area (Å²) in [5.41, 5.74) is -0.494. The first-order valence-corrected chi connectivity index (χ1v) is 8.13. The van der Waals surface area contributed by atoms with E-state index in [1.165, 1.54) is 6.20 Å². The lowest BCUT2D eigenvalue weighted by Gasteiger charge is -2.44. The number of nitrogens with zero attached hydrogens (tertiary/aromatic N) is 2. The third-order valence-corrected chi connectivity index (χ3v) is 5.60. The number of aliphatic hydroxyl groups is 1. The minimum atomic E-state index is -4.45. The molecule has 2 rings (SSSR count). The lowest BCUT2D eigenvalue weighted by molar-refractivity contribution is -0.137. The van der Waals surface area contributed by atoms with E-state index in [9.17, 15) is 18.3 Å². The largest absolute Gasteiger partial charge is 0.443 e. The molecule has 0 radical (unpaired) electrons. The molecule has 2 heterocycles. The van der Waals surface area contributed by atoms with Crippen LogP contribution in [0.25, 0.3) is 0 Å². The summed E-state index contributed by atoms with van der Waals surface area (Å²) in [4.78, 5) is 5.96. The molecule has 1 N–H and O–H groups in total. The summed E-state index contributed by atoms with van der Waals surface area (Å²) in [6.45, 7) is 5.75. The molecule has 7 heteroatoms. The summed E-state index contributed by atoms with van der Waals surface area (Å²) in [5.74, 6) is 0. The maximum Gasteiger partial charge on any atom is 0.443 e. The number of halogens is 3. The number of alkyl halides is 3. The Hall–Kier alpha value is -0.660. The van der Waals surface area contributed by atoms with Crippen LogP contribution < -0.4 is 0 Å². The number of rotatable bonds is 5. The summed E-state index contributed by atoms with van der Waals surface area (Å²) < 4.78 is 38.0. The van der Waals surface area contributed by atoms with E-state index in [-0.39, 0.29) is 0 Å². The average Bonchev–Trinajstić information content (AvgIpc) is 3.11. The van der Waals surface area contributed by atoms with Crippen LogP contribution in [-0.2, 0) is 6.18 Å². The van der Waals surface area contributed by atoms with Crippen molar-refractivity contribution in [3.8, 4) is 0 Å². The van der Waals surface area contributed by atoms with E-state index in [2.05, 4.69) is 9.88 Å². The van der Waals surface area contributed by atoms with E-state index in [1.807, 2.05) is 13.8 Å². The predicted molar refractivity (Wildman–Crippen MR) is 76.2 cm³/mol. The van der Waals surface area contributed by atoms with Gasteiger partial charge in [0.1, 0.15) is 6.10 Å². The van der Waals surface area contributed by atoms with Crippen molar-refractivity contribution < 1.29 is 18.3 Å². The molecule has 21 heavy (non-hydrogen) atoms. The molecule has 3 nitrogen and oxygen atoms in total. The molecule has 1 fully saturated rings. The van der Waals surface area contributed by atoms with Gasteiger partial charge in [-0.2, -0.15) is 13.2 Å². The van der Waals surface area contributed by atoms with Crippen LogP contribution in [0.1, 0.15) is 55.5 Å². The number of hydrogen-bond donors (Lipinski definition) is 1. The molecule has 0 saturated carbocycles. The van der Waals surface area contributed by atoms with Crippen molar-refractivity contribution in [3.63, 3.8) is 0 Å². The van der Waals surface area contributed by atoms with E-state index in [4.69, 9.17) is 0 Å². The number of thiazole rings is 1. The molecule has 1 aliphatic heterocycles. The van der Waals surface area contributed by atoms with Gasteiger partial charge in [0, 0.05) is 6.20 Å². The van der Waals surface area contributed by atoms with Gasteiger partial charge in [0.05, 0.1) is 10.4 Å². The Morgan fingerprint density at radius 3 is 2.29 bits per heavy atom. The van der Waals surface area contributed by atoms with Crippen LogP contribution in [0.2, 0.25) is 0 Å². The molecule has 120 valence electrons. The fourth-order valence-electron chi connectivity index (χ4n) is 3.23. The number of hydrogen-bond acceptors (Lipinski definition) is 4. The number of aromatic nitrogens is 1. The topological polar surface area (TPSA) is 36.4 Å². The summed E-state index contributed by atoms with van der Waals surface area (Å²) >= 11 is 0.552. The second-order valence-corrected chi connectivity index (χ2v) is 6.54. The molecule has 1 unspecified atom stereocenters. The Morgan fingerprint density at radius 1 is 1.29 bits per heavy atom. The lowest BCUT2D eigenvalue weighted by Crippen LogP contribution is -2.50. The maximum atomic E-state index is 12.7. The molecule has 1 aromatic rings. The first-order chi connectivity index (χ1) is 9.85. The van der Waals surface area contributed by atoms with Crippen molar-refractivity contribution in [2.75, 3.05) is 13.1 Å². The summed E-state index contributed by atoms with van der Waals surface area (Å²) in [7, 11) is 0. The second-order valence-electron chi connectivity index (χ2n) is 5.47. The van der Waals surface area contributed by atoms with Gasteiger partial charge < -0.3 is 5.11 Å². The molecular weight excluding hydrogens is 301 g/mol. The standard InChI is InChI=1S/C14H21F3N2OS/c1-3-13(4-2,19-7-5-6-8-19)11(20)10-9-18-12(21-10)14(15,16)17/h9,11,20H,3-8H2,1-2H3. The first kappa shape index (κ1) is 16.7. The Balaban J connectivity index is 2.30. The zero-order valence-corrected chi connectivity index (χ0v) is 13.1. The predicted octanol–water partition coefficient (Wildman–Crippen LogP) is 3.85. The van der Waals surface area contributed by atoms with Crippen molar-refractivity contribution >= 4 is 11.3 Å². The van der Waals surface area contributed by atoms with Crippen LogP contribution in [0.3, 0.4) is 0 Å². The fraction of sp³-hybridized carbons (Fsp3) is 0.786. The van der Waals surface area contributed by atoms with Crippen molar-refractivity contribution in [1.29, 1.82) is 0 Å². The highest BCUT2D eigenvalue weighted by Crippen LogP contribution is 2.42. The summed E-state index contributed by atoms with van der Waals surface area (Å²) in [6.07, 6.45) is -0.658. The Morgan fingerprint density at radius 2 is 1.86 bits per heavy atom. The van der Waals surface area contributed by atoms with Gasteiger partial charge in [-0.25, -0.2) is 4.98 Å². The highest BCUT2D eigenvalue weighted by atomic mass is 32.1. The van der Waals surface area contributed by atoms with Crippen LogP contribution >= 0.6 is 11.3 Å². The lowest BCUT2D eigenvalue weighted by atomic mass is 9.84. The molecule has 0 spiro atoms. The molecule has 0 aliphatic carbocycles. The molecule has 1 aromatic heterocycles. The van der Waals surface area contributed by atoms with E-state index in [1.54, 1.807) is 0 Å². The Labute approximate surface area is 126 Å². The third kappa shape index (κ3) is 3.10. The quantitative estimate of drug-likeness (QED) is 0.894. The average molecular weight is 322 g/mol. The van der Waals surface area contributed by atoms with Crippen LogP contribution in [0, 0.1) is 0 Å². The van der Waals surface area contributed by atoms with Crippen LogP contribution in [0.5, 0.6) is 0 Å². The van der Waals surface area contributed by atoms with Gasteiger partial charge in [0.15, 0.2) is 5.01 Å². The molecule has 1 atom stereocenters. The van der Waals surface area contributed by atoms with Crippen molar-refractivity contribution in [2.24, 2.45) is 0 Å². The molecule has 1 aliphatic rings. The normalized spacial score (nSPS) is 19.1. The molecule has 0 aromatic carbocycles. The van der Waals surface area contributed by atoms with E-state index in [0.717, 1.165) is 25.9 Å². The zero-order chi connectivity index (χ0) is 15.7.